The molecule has 0 radical (unpaired) electrons. The molecule has 1 amide bonds. The number of hydrogen-bond acceptors (Lipinski definition) is 5. The number of likely N-dealkylation sites (tertiary alicyclic amines) is 1. The number of ether oxygens (including phenoxy) is 2. The van der Waals surface area contributed by atoms with Gasteiger partial charge in [0.25, 0.3) is 11.7 Å². The van der Waals surface area contributed by atoms with Crippen LogP contribution in [0.25, 0.3) is 5.76 Å². The average Bonchev–Trinajstić information content (AvgIpc) is 3.16. The van der Waals surface area contributed by atoms with Gasteiger partial charge in [-0.05, 0) is 53.8 Å². The number of benzene rings is 3. The summed E-state index contributed by atoms with van der Waals surface area (Å²) in [4.78, 5) is 27.6. The highest BCUT2D eigenvalue weighted by atomic mass is 16.5. The number of carbonyl (C=O) groups is 2. The third-order valence-electron chi connectivity index (χ3n) is 6.48. The summed E-state index contributed by atoms with van der Waals surface area (Å²) >= 11 is 0. The predicted molar refractivity (Wildman–Crippen MR) is 139 cm³/mol. The van der Waals surface area contributed by atoms with Crippen molar-refractivity contribution in [1.82, 2.24) is 4.90 Å². The monoisotopic (exact) mass is 485 g/mol. The first kappa shape index (κ1) is 25.2. The molecule has 1 aliphatic rings. The lowest BCUT2D eigenvalue weighted by Crippen LogP contribution is -2.32. The standard InChI is InChI=1S/C30H31NO5/c1-4-21-10-12-23(13-11-21)27-26(29(33)30(34)31(27)16-17-35-3)28(32)25-15-14-24(18-20(25)2)36-19-22-8-6-5-7-9-22/h5-15,18,27,32H,4,16-17,19H2,1-3H3. The maximum absolute atomic E-state index is 13.2. The summed E-state index contributed by atoms with van der Waals surface area (Å²) in [5, 5.41) is 11.4. The van der Waals surface area contributed by atoms with Crippen LogP contribution >= 0.6 is 0 Å². The van der Waals surface area contributed by atoms with Gasteiger partial charge >= 0.3 is 0 Å². The second-order valence-corrected chi connectivity index (χ2v) is 8.83. The van der Waals surface area contributed by atoms with Crippen molar-refractivity contribution in [3.8, 4) is 5.75 Å². The Morgan fingerprint density at radius 3 is 2.33 bits per heavy atom. The fraction of sp³-hybridized carbons (Fsp3) is 0.267. The highest BCUT2D eigenvalue weighted by Gasteiger charge is 2.46. The van der Waals surface area contributed by atoms with Crippen LogP contribution in [0.15, 0.2) is 78.4 Å². The average molecular weight is 486 g/mol. The van der Waals surface area contributed by atoms with Gasteiger partial charge in [0.15, 0.2) is 0 Å². The molecule has 186 valence electrons. The minimum absolute atomic E-state index is 0.0846. The van der Waals surface area contributed by atoms with Crippen molar-refractivity contribution in [1.29, 1.82) is 0 Å². The quantitative estimate of drug-likeness (QED) is 0.256. The molecule has 0 aliphatic carbocycles. The molecule has 1 unspecified atom stereocenters. The molecule has 1 atom stereocenters. The van der Waals surface area contributed by atoms with Gasteiger partial charge in [-0.1, -0.05) is 61.5 Å². The van der Waals surface area contributed by atoms with E-state index < -0.39 is 17.7 Å². The van der Waals surface area contributed by atoms with Crippen LogP contribution in [0.2, 0.25) is 0 Å². The van der Waals surface area contributed by atoms with E-state index in [9.17, 15) is 14.7 Å². The Bertz CT molecular complexity index is 1260. The van der Waals surface area contributed by atoms with Gasteiger partial charge in [-0.25, -0.2) is 0 Å². The highest BCUT2D eigenvalue weighted by molar-refractivity contribution is 6.46. The summed E-state index contributed by atoms with van der Waals surface area (Å²) < 4.78 is 11.1. The smallest absolute Gasteiger partial charge is 0.295 e. The molecule has 6 nitrogen and oxygen atoms in total. The van der Waals surface area contributed by atoms with Crippen LogP contribution in [0.1, 0.15) is 40.8 Å². The van der Waals surface area contributed by atoms with Crippen LogP contribution in [0.4, 0.5) is 0 Å². The Morgan fingerprint density at radius 1 is 0.972 bits per heavy atom. The molecule has 1 saturated heterocycles. The number of rotatable bonds is 9. The van der Waals surface area contributed by atoms with E-state index in [4.69, 9.17) is 9.47 Å². The lowest BCUT2D eigenvalue weighted by atomic mass is 9.93. The third-order valence-corrected chi connectivity index (χ3v) is 6.48. The second kappa shape index (κ2) is 11.2. The van der Waals surface area contributed by atoms with Crippen LogP contribution < -0.4 is 4.74 Å². The van der Waals surface area contributed by atoms with E-state index in [1.807, 2.05) is 67.6 Å². The van der Waals surface area contributed by atoms with E-state index in [1.165, 1.54) is 4.90 Å². The van der Waals surface area contributed by atoms with Crippen molar-refractivity contribution in [3.63, 3.8) is 0 Å². The number of methoxy groups -OCH3 is 1. The molecule has 0 aromatic heterocycles. The first-order valence-electron chi connectivity index (χ1n) is 12.1. The first-order chi connectivity index (χ1) is 17.4. The van der Waals surface area contributed by atoms with Gasteiger partial charge in [0.05, 0.1) is 18.2 Å². The van der Waals surface area contributed by atoms with Crippen LogP contribution in [-0.4, -0.2) is 42.0 Å². The van der Waals surface area contributed by atoms with Crippen molar-refractivity contribution >= 4 is 17.4 Å². The normalized spacial score (nSPS) is 17.0. The number of amides is 1. The van der Waals surface area contributed by atoms with Gasteiger partial charge in [0.1, 0.15) is 18.1 Å². The second-order valence-electron chi connectivity index (χ2n) is 8.83. The number of nitrogens with zero attached hydrogens (tertiary/aromatic N) is 1. The van der Waals surface area contributed by atoms with Crippen LogP contribution in [0.5, 0.6) is 5.75 Å². The van der Waals surface area contributed by atoms with Crippen molar-refractivity contribution in [2.75, 3.05) is 20.3 Å². The number of aryl methyl sites for hydroxylation is 2. The van der Waals surface area contributed by atoms with Crippen molar-refractivity contribution in [3.05, 3.63) is 106 Å². The van der Waals surface area contributed by atoms with E-state index in [0.717, 1.165) is 28.7 Å². The van der Waals surface area contributed by atoms with E-state index >= 15 is 0 Å². The van der Waals surface area contributed by atoms with Crippen molar-refractivity contribution in [2.45, 2.75) is 32.9 Å². The molecule has 4 rings (SSSR count). The lowest BCUT2D eigenvalue weighted by Gasteiger charge is -2.25. The molecule has 0 bridgehead atoms. The Labute approximate surface area is 211 Å². The highest BCUT2D eigenvalue weighted by Crippen LogP contribution is 2.40. The molecule has 1 N–H and O–H groups in total. The van der Waals surface area contributed by atoms with E-state index in [-0.39, 0.29) is 24.5 Å². The fourth-order valence-electron chi connectivity index (χ4n) is 4.46. The molecule has 36 heavy (non-hydrogen) atoms. The number of Topliss-reactive ketones (excluding diaryl/α,β-unsaturated/α-hetero) is 1. The molecule has 3 aromatic carbocycles. The zero-order valence-electron chi connectivity index (χ0n) is 20.9. The Kier molecular flexibility index (Phi) is 7.86. The minimum Gasteiger partial charge on any atom is -0.507 e. The minimum atomic E-state index is -0.697. The van der Waals surface area contributed by atoms with Gasteiger partial charge in [-0.15, -0.1) is 0 Å². The van der Waals surface area contributed by atoms with Gasteiger partial charge in [-0.3, -0.25) is 9.59 Å². The summed E-state index contributed by atoms with van der Waals surface area (Å²) in [7, 11) is 1.55. The SMILES string of the molecule is CCc1ccc(C2C(=C(O)c3ccc(OCc4ccccc4)cc3C)C(=O)C(=O)N2CCOC)cc1. The number of ketones is 1. The molecule has 1 aliphatic heterocycles. The number of aliphatic hydroxyl groups is 1. The molecular weight excluding hydrogens is 454 g/mol. The van der Waals surface area contributed by atoms with E-state index in [1.54, 1.807) is 19.2 Å². The van der Waals surface area contributed by atoms with E-state index in [0.29, 0.717) is 17.9 Å². The first-order valence-corrected chi connectivity index (χ1v) is 12.1. The largest absolute Gasteiger partial charge is 0.507 e. The summed E-state index contributed by atoms with van der Waals surface area (Å²) in [6.07, 6.45) is 0.877. The summed E-state index contributed by atoms with van der Waals surface area (Å²) in [5.74, 6) is -0.874. The van der Waals surface area contributed by atoms with Crippen LogP contribution in [0.3, 0.4) is 0 Å². The molecule has 1 heterocycles. The molecular formula is C30H31NO5. The van der Waals surface area contributed by atoms with Gasteiger partial charge in [0, 0.05) is 19.2 Å². The summed E-state index contributed by atoms with van der Waals surface area (Å²) in [5.41, 5.74) is 4.27. The predicted octanol–water partition coefficient (Wildman–Crippen LogP) is 5.20. The van der Waals surface area contributed by atoms with Crippen LogP contribution in [0, 0.1) is 6.92 Å². The molecule has 0 spiro atoms. The van der Waals surface area contributed by atoms with Gasteiger partial charge < -0.3 is 19.5 Å². The maximum Gasteiger partial charge on any atom is 0.295 e. The Balaban J connectivity index is 1.70. The Hall–Kier alpha value is -3.90. The zero-order valence-corrected chi connectivity index (χ0v) is 20.9. The van der Waals surface area contributed by atoms with Gasteiger partial charge in [-0.2, -0.15) is 0 Å². The van der Waals surface area contributed by atoms with Crippen molar-refractivity contribution in [2.24, 2.45) is 0 Å². The number of hydrogen-bond donors (Lipinski definition) is 1. The maximum atomic E-state index is 13.2. The fourth-order valence-corrected chi connectivity index (χ4v) is 4.46. The summed E-state index contributed by atoms with van der Waals surface area (Å²) in [6, 6.07) is 22.3. The summed E-state index contributed by atoms with van der Waals surface area (Å²) in [6.45, 7) is 4.85. The topological polar surface area (TPSA) is 76.1 Å². The number of carbonyl (C=O) groups excluding carboxylic acids is 2. The molecule has 1 fully saturated rings. The molecule has 0 saturated carbocycles. The lowest BCUT2D eigenvalue weighted by molar-refractivity contribution is -0.140. The van der Waals surface area contributed by atoms with E-state index in [2.05, 4.69) is 6.92 Å². The van der Waals surface area contributed by atoms with Crippen LogP contribution in [-0.2, 0) is 27.4 Å². The number of aliphatic hydroxyl groups excluding tert-OH is 1. The molecule has 3 aromatic rings. The third kappa shape index (κ3) is 5.19. The van der Waals surface area contributed by atoms with Crippen molar-refractivity contribution < 1.29 is 24.2 Å². The molecule has 6 heteroatoms. The zero-order chi connectivity index (χ0) is 25.7. The van der Waals surface area contributed by atoms with Gasteiger partial charge in [0.2, 0.25) is 0 Å². The Morgan fingerprint density at radius 2 is 1.69 bits per heavy atom.